The SMILES string of the molecule is [2H]c1nc(C2([2H])C([2H])([2H])COCC2([2H])[2H])sc1Br. The Morgan fingerprint density at radius 3 is 3.17 bits per heavy atom. The van der Waals surface area contributed by atoms with Crippen molar-refractivity contribution in [3.05, 3.63) is 15.0 Å². The van der Waals surface area contributed by atoms with Crippen molar-refractivity contribution in [1.82, 2.24) is 4.98 Å². The lowest BCUT2D eigenvalue weighted by molar-refractivity contribution is 0.0853. The van der Waals surface area contributed by atoms with Crippen LogP contribution in [0.4, 0.5) is 0 Å². The number of hydrogen-bond acceptors (Lipinski definition) is 3. The Balaban J connectivity index is 2.60. The van der Waals surface area contributed by atoms with E-state index in [2.05, 4.69) is 20.9 Å². The summed E-state index contributed by atoms with van der Waals surface area (Å²) in [5.41, 5.74) is 0. The van der Waals surface area contributed by atoms with E-state index in [1.165, 1.54) is 0 Å². The minimum atomic E-state index is -2.21. The van der Waals surface area contributed by atoms with Gasteiger partial charge in [-0.3, -0.25) is 0 Å². The van der Waals surface area contributed by atoms with Gasteiger partial charge in [0.2, 0.25) is 0 Å². The Labute approximate surface area is 92.5 Å². The molecule has 2 heterocycles. The molecule has 66 valence electrons. The van der Waals surface area contributed by atoms with Crippen molar-refractivity contribution in [3.63, 3.8) is 0 Å². The summed E-state index contributed by atoms with van der Waals surface area (Å²) < 4.78 is 52.5. The average Bonchev–Trinajstić information content (AvgIpc) is 2.55. The second-order valence-corrected chi connectivity index (χ2v) is 4.44. The van der Waals surface area contributed by atoms with Gasteiger partial charge in [0, 0.05) is 26.0 Å². The third-order valence-corrected chi connectivity index (χ3v) is 2.77. The quantitative estimate of drug-likeness (QED) is 0.768. The van der Waals surface area contributed by atoms with Gasteiger partial charge < -0.3 is 4.74 Å². The summed E-state index contributed by atoms with van der Waals surface area (Å²) in [7, 11) is 0. The van der Waals surface area contributed by atoms with E-state index in [0.29, 0.717) is 3.79 Å². The highest BCUT2D eigenvalue weighted by Crippen LogP contribution is 2.31. The van der Waals surface area contributed by atoms with Gasteiger partial charge in [-0.05, 0) is 28.7 Å². The van der Waals surface area contributed by atoms with Crippen molar-refractivity contribution in [2.24, 2.45) is 0 Å². The zero-order valence-electron chi connectivity index (χ0n) is 12.1. The highest BCUT2D eigenvalue weighted by molar-refractivity contribution is 9.11. The summed E-state index contributed by atoms with van der Waals surface area (Å²) in [6.45, 7) is -0.721. The number of halogens is 1. The fourth-order valence-electron chi connectivity index (χ4n) is 0.843. The monoisotopic (exact) mass is 253 g/mol. The molecule has 0 unspecified atom stereocenters. The van der Waals surface area contributed by atoms with Gasteiger partial charge in [0.25, 0.3) is 0 Å². The maximum absolute atomic E-state index is 8.29. The van der Waals surface area contributed by atoms with Crippen LogP contribution in [0.3, 0.4) is 0 Å². The molecule has 0 saturated carbocycles. The molecule has 0 amide bonds. The molecule has 0 spiro atoms. The second kappa shape index (κ2) is 3.85. The molecule has 2 nitrogen and oxygen atoms in total. The fraction of sp³-hybridized carbons (Fsp3) is 0.625. The summed E-state index contributed by atoms with van der Waals surface area (Å²) >= 11 is 4.01. The highest BCUT2D eigenvalue weighted by atomic mass is 79.9. The molecule has 0 atom stereocenters. The molecular formula is C8H10BrNOS. The molecule has 0 aromatic carbocycles. The predicted octanol–water partition coefficient (Wildman–Crippen LogP) is 2.80. The van der Waals surface area contributed by atoms with Crippen molar-refractivity contribution in [3.8, 4) is 0 Å². The topological polar surface area (TPSA) is 22.1 Å². The van der Waals surface area contributed by atoms with E-state index in [-0.39, 0.29) is 24.4 Å². The summed E-state index contributed by atoms with van der Waals surface area (Å²) in [6, 6.07) is 0. The van der Waals surface area contributed by atoms with Gasteiger partial charge in [0.05, 0.1) is 16.3 Å². The van der Waals surface area contributed by atoms with Crippen LogP contribution in [0.2, 0.25) is 0 Å². The smallest absolute Gasteiger partial charge is 0.0969 e. The van der Waals surface area contributed by atoms with Crippen molar-refractivity contribution in [2.45, 2.75) is 18.6 Å². The third-order valence-electron chi connectivity index (χ3n) is 1.35. The average molecular weight is 254 g/mol. The van der Waals surface area contributed by atoms with Crippen LogP contribution in [0.15, 0.2) is 9.96 Å². The zero-order chi connectivity index (χ0) is 13.8. The molecule has 12 heavy (non-hydrogen) atoms. The van der Waals surface area contributed by atoms with Crippen molar-refractivity contribution < 1.29 is 13.0 Å². The molecule has 1 aliphatic rings. The molecule has 0 radical (unpaired) electrons. The van der Waals surface area contributed by atoms with E-state index in [4.69, 9.17) is 13.0 Å². The van der Waals surface area contributed by atoms with Gasteiger partial charge in [-0.2, -0.15) is 0 Å². The van der Waals surface area contributed by atoms with Gasteiger partial charge in [0.15, 0.2) is 0 Å². The Morgan fingerprint density at radius 2 is 2.58 bits per heavy atom. The lowest BCUT2D eigenvalue weighted by atomic mass is 10.0. The van der Waals surface area contributed by atoms with Crippen LogP contribution in [0.25, 0.3) is 0 Å². The molecule has 4 heteroatoms. The molecular weight excluding hydrogens is 238 g/mol. The van der Waals surface area contributed by atoms with Crippen molar-refractivity contribution in [1.29, 1.82) is 0 Å². The first kappa shape index (κ1) is 4.07. The summed E-state index contributed by atoms with van der Waals surface area (Å²) in [4.78, 5) is 3.81. The second-order valence-electron chi connectivity index (χ2n) is 2.13. The van der Waals surface area contributed by atoms with Crippen molar-refractivity contribution in [2.75, 3.05) is 13.2 Å². The third kappa shape index (κ3) is 1.87. The lowest BCUT2D eigenvalue weighted by Gasteiger charge is -2.19. The standard InChI is InChI=1S/C8H10BrNOS/c9-7-5-10-8(12-7)6-1-3-11-4-2-6/h5-6H,1-4H2/i1D2,2D2,5D,6D. The number of nitrogens with zero attached hydrogens (tertiary/aromatic N) is 1. The Kier molecular flexibility index (Phi) is 1.31. The van der Waals surface area contributed by atoms with E-state index in [9.17, 15) is 0 Å². The highest BCUT2D eigenvalue weighted by Gasteiger charge is 2.18. The van der Waals surface area contributed by atoms with Crippen LogP contribution < -0.4 is 0 Å². The molecule has 2 rings (SSSR count). The Bertz CT molecular complexity index is 443. The predicted molar refractivity (Wildman–Crippen MR) is 52.6 cm³/mol. The summed E-state index contributed by atoms with van der Waals surface area (Å²) in [5.74, 6) is -2.18. The molecule has 1 fully saturated rings. The minimum Gasteiger partial charge on any atom is -0.381 e. The van der Waals surface area contributed by atoms with Gasteiger partial charge in [-0.1, -0.05) is 0 Å². The van der Waals surface area contributed by atoms with E-state index in [1.54, 1.807) is 0 Å². The van der Waals surface area contributed by atoms with Gasteiger partial charge >= 0.3 is 0 Å². The maximum atomic E-state index is 8.29. The van der Waals surface area contributed by atoms with Crippen LogP contribution in [0.1, 0.15) is 31.9 Å². The molecule has 0 N–H and O–H groups in total. The number of hydrogen-bond donors (Lipinski definition) is 0. The molecule has 0 bridgehead atoms. The first-order valence-electron chi connectivity index (χ1n) is 6.33. The normalized spacial score (nSPS) is 38.1. The van der Waals surface area contributed by atoms with E-state index in [1.807, 2.05) is 0 Å². The summed E-state index contributed by atoms with van der Waals surface area (Å²) in [6.07, 6.45) is -4.53. The molecule has 1 aliphatic heterocycles. The van der Waals surface area contributed by atoms with Crippen LogP contribution in [0, 0.1) is 0 Å². The van der Waals surface area contributed by atoms with E-state index in [0.717, 1.165) is 11.3 Å². The fourth-order valence-corrected chi connectivity index (χ4v) is 1.99. The Morgan fingerprint density at radius 1 is 1.83 bits per heavy atom. The molecule has 1 saturated heterocycles. The number of rotatable bonds is 1. The van der Waals surface area contributed by atoms with E-state index >= 15 is 0 Å². The largest absolute Gasteiger partial charge is 0.381 e. The van der Waals surface area contributed by atoms with Crippen LogP contribution in [0.5, 0.6) is 0 Å². The molecule has 0 aliphatic carbocycles. The number of ether oxygens (including phenoxy) is 1. The summed E-state index contributed by atoms with van der Waals surface area (Å²) in [5, 5.41) is -0.0438. The lowest BCUT2D eigenvalue weighted by Crippen LogP contribution is -2.13. The number of thiazole rings is 1. The first-order chi connectivity index (χ1) is 8.12. The van der Waals surface area contributed by atoms with Crippen LogP contribution >= 0.6 is 27.3 Å². The van der Waals surface area contributed by atoms with Gasteiger partial charge in [-0.25, -0.2) is 4.98 Å². The van der Waals surface area contributed by atoms with E-state index < -0.39 is 18.6 Å². The van der Waals surface area contributed by atoms with Crippen LogP contribution in [-0.2, 0) is 4.74 Å². The molecule has 1 aromatic heterocycles. The minimum absolute atomic E-state index is 0.0438. The van der Waals surface area contributed by atoms with Gasteiger partial charge in [0.1, 0.15) is 0 Å². The van der Waals surface area contributed by atoms with Gasteiger partial charge in [-0.15, -0.1) is 11.3 Å². The first-order valence-corrected chi connectivity index (χ1v) is 4.94. The van der Waals surface area contributed by atoms with Crippen LogP contribution in [-0.4, -0.2) is 18.2 Å². The number of aromatic nitrogens is 1. The van der Waals surface area contributed by atoms with Crippen molar-refractivity contribution >= 4 is 27.3 Å². The Hall–Kier alpha value is 0.0700. The molecule has 1 aromatic rings. The zero-order valence-corrected chi connectivity index (χ0v) is 8.46. The maximum Gasteiger partial charge on any atom is 0.0969 e.